The van der Waals surface area contributed by atoms with Crippen LogP contribution in [0.15, 0.2) is 18.2 Å². The van der Waals surface area contributed by atoms with E-state index in [2.05, 4.69) is 16.7 Å². The summed E-state index contributed by atoms with van der Waals surface area (Å²) >= 11 is 0. The highest BCUT2D eigenvalue weighted by Gasteiger charge is 2.20. The summed E-state index contributed by atoms with van der Waals surface area (Å²) in [4.78, 5) is 12.3. The second kappa shape index (κ2) is 5.61. The van der Waals surface area contributed by atoms with Crippen molar-refractivity contribution in [2.24, 2.45) is 5.92 Å². The number of hydrogen-bond acceptors (Lipinski definition) is 3. The zero-order valence-electron chi connectivity index (χ0n) is 11.1. The van der Waals surface area contributed by atoms with Gasteiger partial charge in [-0.2, -0.15) is 0 Å². The Balaban J connectivity index is 1.68. The maximum absolute atomic E-state index is 12.3. The van der Waals surface area contributed by atoms with Gasteiger partial charge in [0.2, 0.25) is 0 Å². The number of nitrogens with one attached hydrogen (secondary N) is 2. The minimum Gasteiger partial charge on any atom is -0.384 e. The largest absolute Gasteiger partial charge is 0.384 e. The maximum atomic E-state index is 12.3. The van der Waals surface area contributed by atoms with Crippen molar-refractivity contribution in [1.82, 2.24) is 5.32 Å². The van der Waals surface area contributed by atoms with Crippen LogP contribution in [0.3, 0.4) is 0 Å². The van der Waals surface area contributed by atoms with Gasteiger partial charge in [-0.3, -0.25) is 4.79 Å². The molecule has 1 aromatic rings. The predicted octanol–water partition coefficient (Wildman–Crippen LogP) is 1.81. The van der Waals surface area contributed by atoms with E-state index in [4.69, 9.17) is 4.74 Å². The monoisotopic (exact) mass is 260 g/mol. The topological polar surface area (TPSA) is 50.4 Å². The number of carbonyl (C=O) groups is 1. The fourth-order valence-corrected chi connectivity index (χ4v) is 2.78. The summed E-state index contributed by atoms with van der Waals surface area (Å²) in [6, 6.07) is 5.97. The average molecular weight is 260 g/mol. The van der Waals surface area contributed by atoms with Crippen LogP contribution in [0.1, 0.15) is 28.8 Å². The van der Waals surface area contributed by atoms with E-state index in [1.165, 1.54) is 5.56 Å². The van der Waals surface area contributed by atoms with Crippen molar-refractivity contribution in [3.8, 4) is 0 Å². The van der Waals surface area contributed by atoms with Crippen molar-refractivity contribution in [2.45, 2.75) is 19.3 Å². The normalized spacial score (nSPS) is 21.6. The lowest BCUT2D eigenvalue weighted by Gasteiger charge is -2.21. The number of para-hydroxylation sites is 1. The molecule has 0 aliphatic carbocycles. The second-order valence-corrected chi connectivity index (χ2v) is 5.31. The van der Waals surface area contributed by atoms with Gasteiger partial charge in [-0.15, -0.1) is 0 Å². The highest BCUT2D eigenvalue weighted by Crippen LogP contribution is 2.26. The van der Waals surface area contributed by atoms with E-state index < -0.39 is 0 Å². The number of fused-ring (bicyclic) bond motifs is 1. The minimum absolute atomic E-state index is 0.0261. The molecule has 19 heavy (non-hydrogen) atoms. The fourth-order valence-electron chi connectivity index (χ4n) is 2.78. The molecule has 1 fully saturated rings. The summed E-state index contributed by atoms with van der Waals surface area (Å²) in [5.74, 6) is 0.495. The number of rotatable bonds is 3. The van der Waals surface area contributed by atoms with Gasteiger partial charge in [0.15, 0.2) is 0 Å². The van der Waals surface area contributed by atoms with Crippen LogP contribution in [0, 0.1) is 5.92 Å². The molecule has 1 amide bonds. The molecule has 1 saturated heterocycles. The summed E-state index contributed by atoms with van der Waals surface area (Å²) < 4.78 is 5.32. The number of benzene rings is 1. The summed E-state index contributed by atoms with van der Waals surface area (Å²) in [6.45, 7) is 3.25. The lowest BCUT2D eigenvalue weighted by molar-refractivity contribution is 0.0945. The number of aryl methyl sites for hydroxylation is 1. The van der Waals surface area contributed by atoms with Gasteiger partial charge in [0.1, 0.15) is 0 Å². The van der Waals surface area contributed by atoms with Gasteiger partial charge >= 0.3 is 0 Å². The smallest absolute Gasteiger partial charge is 0.253 e. The van der Waals surface area contributed by atoms with Crippen LogP contribution in [-0.4, -0.2) is 32.2 Å². The van der Waals surface area contributed by atoms with Crippen LogP contribution in [0.4, 0.5) is 5.69 Å². The van der Waals surface area contributed by atoms with Crippen LogP contribution in [-0.2, 0) is 11.2 Å². The summed E-state index contributed by atoms with van der Waals surface area (Å²) in [5, 5.41) is 6.39. The Kier molecular flexibility index (Phi) is 3.69. The minimum atomic E-state index is 0.0261. The first-order valence-electron chi connectivity index (χ1n) is 7.06. The molecule has 4 heteroatoms. The van der Waals surface area contributed by atoms with Crippen molar-refractivity contribution >= 4 is 11.6 Å². The summed E-state index contributed by atoms with van der Waals surface area (Å²) in [5.41, 5.74) is 3.05. The van der Waals surface area contributed by atoms with E-state index in [1.807, 2.05) is 12.1 Å². The summed E-state index contributed by atoms with van der Waals surface area (Å²) in [7, 11) is 0. The molecule has 1 unspecified atom stereocenters. The molecule has 102 valence electrons. The van der Waals surface area contributed by atoms with Crippen molar-refractivity contribution in [3.05, 3.63) is 29.3 Å². The lowest BCUT2D eigenvalue weighted by Crippen LogP contribution is -2.30. The van der Waals surface area contributed by atoms with Crippen molar-refractivity contribution in [2.75, 3.05) is 31.6 Å². The van der Waals surface area contributed by atoms with E-state index in [1.54, 1.807) is 0 Å². The molecule has 2 aliphatic heterocycles. The quantitative estimate of drug-likeness (QED) is 0.871. The molecule has 0 bridgehead atoms. The van der Waals surface area contributed by atoms with Crippen molar-refractivity contribution in [3.63, 3.8) is 0 Å². The summed E-state index contributed by atoms with van der Waals surface area (Å²) in [6.07, 6.45) is 3.24. The molecule has 2 aliphatic rings. The third kappa shape index (κ3) is 2.73. The molecule has 0 saturated carbocycles. The van der Waals surface area contributed by atoms with Crippen LogP contribution in [0.2, 0.25) is 0 Å². The molecule has 1 aromatic carbocycles. The molecule has 0 spiro atoms. The van der Waals surface area contributed by atoms with Crippen LogP contribution < -0.4 is 10.6 Å². The van der Waals surface area contributed by atoms with Gasteiger partial charge in [-0.1, -0.05) is 12.1 Å². The zero-order valence-corrected chi connectivity index (χ0v) is 11.1. The Morgan fingerprint density at radius 2 is 2.42 bits per heavy atom. The van der Waals surface area contributed by atoms with Gasteiger partial charge in [0, 0.05) is 25.6 Å². The molecule has 3 rings (SSSR count). The van der Waals surface area contributed by atoms with Gasteiger partial charge < -0.3 is 15.4 Å². The van der Waals surface area contributed by atoms with E-state index in [0.717, 1.165) is 50.3 Å². The van der Waals surface area contributed by atoms with Gasteiger partial charge in [0.25, 0.3) is 5.91 Å². The van der Waals surface area contributed by atoms with Crippen LogP contribution in [0.25, 0.3) is 0 Å². The van der Waals surface area contributed by atoms with Gasteiger partial charge in [0.05, 0.1) is 17.9 Å². The predicted molar refractivity (Wildman–Crippen MR) is 74.5 cm³/mol. The molecule has 0 radical (unpaired) electrons. The zero-order chi connectivity index (χ0) is 13.1. The van der Waals surface area contributed by atoms with Crippen LogP contribution >= 0.6 is 0 Å². The number of ether oxygens (including phenoxy) is 1. The second-order valence-electron chi connectivity index (χ2n) is 5.31. The standard InChI is InChI=1S/C15H20N2O2/c18-15(17-9-11-6-8-19-10-11)13-5-1-3-12-4-2-7-16-14(12)13/h1,3,5,11,16H,2,4,6-10H2,(H,17,18). The highest BCUT2D eigenvalue weighted by molar-refractivity contribution is 6.00. The number of anilines is 1. The van der Waals surface area contributed by atoms with Crippen molar-refractivity contribution < 1.29 is 9.53 Å². The van der Waals surface area contributed by atoms with E-state index >= 15 is 0 Å². The first-order chi connectivity index (χ1) is 9.34. The van der Waals surface area contributed by atoms with Crippen LogP contribution in [0.5, 0.6) is 0 Å². The Morgan fingerprint density at radius 3 is 3.26 bits per heavy atom. The maximum Gasteiger partial charge on any atom is 0.253 e. The molecular formula is C15H20N2O2. The SMILES string of the molecule is O=C(NCC1CCOC1)c1cccc2c1NCCC2. The first-order valence-corrected chi connectivity index (χ1v) is 7.06. The molecule has 0 aromatic heterocycles. The third-order valence-corrected chi connectivity index (χ3v) is 3.90. The number of hydrogen-bond donors (Lipinski definition) is 2. The van der Waals surface area contributed by atoms with E-state index in [9.17, 15) is 4.79 Å². The van der Waals surface area contributed by atoms with Gasteiger partial charge in [-0.25, -0.2) is 0 Å². The Hall–Kier alpha value is -1.55. The average Bonchev–Trinajstić information content (AvgIpc) is 2.97. The molecular weight excluding hydrogens is 240 g/mol. The molecule has 2 N–H and O–H groups in total. The third-order valence-electron chi connectivity index (χ3n) is 3.90. The number of carbonyl (C=O) groups excluding carboxylic acids is 1. The Labute approximate surface area is 113 Å². The van der Waals surface area contributed by atoms with Crippen molar-refractivity contribution in [1.29, 1.82) is 0 Å². The molecule has 2 heterocycles. The molecule has 4 nitrogen and oxygen atoms in total. The fraction of sp³-hybridized carbons (Fsp3) is 0.533. The lowest BCUT2D eigenvalue weighted by atomic mass is 9.99. The van der Waals surface area contributed by atoms with E-state index in [0.29, 0.717) is 12.5 Å². The first kappa shape index (κ1) is 12.5. The Bertz CT molecular complexity index is 467. The number of amides is 1. The van der Waals surface area contributed by atoms with Gasteiger partial charge in [-0.05, 0) is 30.9 Å². The highest BCUT2D eigenvalue weighted by atomic mass is 16.5. The van der Waals surface area contributed by atoms with E-state index in [-0.39, 0.29) is 5.91 Å². The molecule has 1 atom stereocenters. The Morgan fingerprint density at radius 1 is 1.47 bits per heavy atom.